The Labute approximate surface area is 161 Å². The van der Waals surface area contributed by atoms with Gasteiger partial charge in [-0.2, -0.15) is 0 Å². The van der Waals surface area contributed by atoms with Gasteiger partial charge < -0.3 is 24.1 Å². The van der Waals surface area contributed by atoms with Crippen LogP contribution >= 0.6 is 0 Å². The molecule has 4 rings (SSSR count). The smallest absolute Gasteiger partial charge is 0.338 e. The van der Waals surface area contributed by atoms with Gasteiger partial charge in [0.05, 0.1) is 5.56 Å². The summed E-state index contributed by atoms with van der Waals surface area (Å²) in [5, 5.41) is 2.67. The minimum Gasteiger partial charge on any atom is -0.454 e. The number of aryl methyl sites for hydroxylation is 1. The molecule has 7 heteroatoms. The lowest BCUT2D eigenvalue weighted by Gasteiger charge is -2.10. The zero-order valence-corrected chi connectivity index (χ0v) is 15.2. The van der Waals surface area contributed by atoms with Gasteiger partial charge in [-0.3, -0.25) is 4.79 Å². The number of fused-ring (bicyclic) bond motifs is 1. The molecule has 0 atom stereocenters. The average Bonchev–Trinajstić information content (AvgIpc) is 3.38. The number of carbonyl (C=O) groups is 2. The van der Waals surface area contributed by atoms with Gasteiger partial charge in [0.1, 0.15) is 0 Å². The molecule has 1 aliphatic rings. The minimum atomic E-state index is -0.561. The number of hydrogen-bond donors (Lipinski definition) is 1. The standard InChI is InChI=1S/C21H18N2O5/c1-14-4-5-15(10-17(14)23-8-2-3-9-23)21(25)26-12-20(24)22-16-6-7-18-19(11-16)28-13-27-18/h2-11H,12-13H2,1H3,(H,22,24). The molecule has 0 fully saturated rings. The van der Waals surface area contributed by atoms with Gasteiger partial charge in [-0.25, -0.2) is 4.79 Å². The molecule has 1 aliphatic heterocycles. The van der Waals surface area contributed by atoms with Crippen molar-refractivity contribution in [1.82, 2.24) is 4.57 Å². The van der Waals surface area contributed by atoms with Crippen LogP contribution in [0.2, 0.25) is 0 Å². The van der Waals surface area contributed by atoms with E-state index in [-0.39, 0.29) is 13.4 Å². The molecule has 0 saturated carbocycles. The summed E-state index contributed by atoms with van der Waals surface area (Å²) in [5.41, 5.74) is 2.82. The summed E-state index contributed by atoms with van der Waals surface area (Å²) >= 11 is 0. The van der Waals surface area contributed by atoms with Crippen LogP contribution in [0.5, 0.6) is 11.5 Å². The highest BCUT2D eigenvalue weighted by atomic mass is 16.7. The van der Waals surface area contributed by atoms with E-state index in [9.17, 15) is 9.59 Å². The van der Waals surface area contributed by atoms with Crippen molar-refractivity contribution >= 4 is 17.6 Å². The summed E-state index contributed by atoms with van der Waals surface area (Å²) in [7, 11) is 0. The molecule has 0 bridgehead atoms. The van der Waals surface area contributed by atoms with E-state index in [1.807, 2.05) is 42.1 Å². The molecule has 0 spiro atoms. The molecule has 2 aromatic carbocycles. The Balaban J connectivity index is 1.38. The predicted molar refractivity (Wildman–Crippen MR) is 102 cm³/mol. The molecular formula is C21H18N2O5. The number of benzene rings is 2. The molecular weight excluding hydrogens is 360 g/mol. The van der Waals surface area contributed by atoms with Gasteiger partial charge in [-0.1, -0.05) is 6.07 Å². The van der Waals surface area contributed by atoms with Gasteiger partial charge in [0.15, 0.2) is 18.1 Å². The maximum Gasteiger partial charge on any atom is 0.338 e. The SMILES string of the molecule is Cc1ccc(C(=O)OCC(=O)Nc2ccc3c(c2)OCO3)cc1-n1cccc1. The van der Waals surface area contributed by atoms with Gasteiger partial charge >= 0.3 is 5.97 Å². The summed E-state index contributed by atoms with van der Waals surface area (Å²) in [6.07, 6.45) is 3.80. The van der Waals surface area contributed by atoms with Crippen molar-refractivity contribution < 1.29 is 23.8 Å². The Bertz CT molecular complexity index is 1030. The van der Waals surface area contributed by atoms with E-state index < -0.39 is 11.9 Å². The quantitative estimate of drug-likeness (QED) is 0.689. The normalized spacial score (nSPS) is 11.9. The van der Waals surface area contributed by atoms with Crippen molar-refractivity contribution in [3.8, 4) is 17.2 Å². The molecule has 1 N–H and O–H groups in total. The lowest BCUT2D eigenvalue weighted by molar-refractivity contribution is -0.119. The molecule has 1 amide bonds. The van der Waals surface area contributed by atoms with E-state index in [2.05, 4.69) is 5.32 Å². The summed E-state index contributed by atoms with van der Waals surface area (Å²) in [6.45, 7) is 1.73. The van der Waals surface area contributed by atoms with Crippen molar-refractivity contribution in [1.29, 1.82) is 0 Å². The number of nitrogens with one attached hydrogen (secondary N) is 1. The zero-order valence-electron chi connectivity index (χ0n) is 15.2. The van der Waals surface area contributed by atoms with Gasteiger partial charge in [0.2, 0.25) is 6.79 Å². The fourth-order valence-corrected chi connectivity index (χ4v) is 2.90. The topological polar surface area (TPSA) is 78.8 Å². The van der Waals surface area contributed by atoms with Crippen LogP contribution in [-0.2, 0) is 9.53 Å². The van der Waals surface area contributed by atoms with Crippen molar-refractivity contribution in [2.45, 2.75) is 6.92 Å². The number of amides is 1. The van der Waals surface area contributed by atoms with Crippen LogP contribution in [0.1, 0.15) is 15.9 Å². The summed E-state index contributed by atoms with van der Waals surface area (Å²) in [4.78, 5) is 24.4. The van der Waals surface area contributed by atoms with Crippen molar-refractivity contribution in [2.24, 2.45) is 0 Å². The van der Waals surface area contributed by atoms with Gasteiger partial charge in [-0.05, 0) is 48.9 Å². The van der Waals surface area contributed by atoms with Crippen molar-refractivity contribution in [3.05, 3.63) is 72.1 Å². The second-order valence-electron chi connectivity index (χ2n) is 6.28. The van der Waals surface area contributed by atoms with Crippen molar-refractivity contribution in [2.75, 3.05) is 18.7 Å². The summed E-state index contributed by atoms with van der Waals surface area (Å²) in [5.74, 6) is 0.188. The fourth-order valence-electron chi connectivity index (χ4n) is 2.90. The Hall–Kier alpha value is -3.74. The lowest BCUT2D eigenvalue weighted by atomic mass is 10.1. The van der Waals surface area contributed by atoms with Crippen LogP contribution in [0, 0.1) is 6.92 Å². The maximum absolute atomic E-state index is 12.3. The Morgan fingerprint density at radius 2 is 1.86 bits per heavy atom. The molecule has 0 radical (unpaired) electrons. The second-order valence-corrected chi connectivity index (χ2v) is 6.28. The Morgan fingerprint density at radius 1 is 1.07 bits per heavy atom. The summed E-state index contributed by atoms with van der Waals surface area (Å²) < 4.78 is 17.6. The predicted octanol–water partition coefficient (Wildman–Crippen LogP) is 3.31. The van der Waals surface area contributed by atoms with Gasteiger partial charge in [0.25, 0.3) is 5.91 Å². The van der Waals surface area contributed by atoms with E-state index in [0.717, 1.165) is 11.3 Å². The molecule has 0 unspecified atom stereocenters. The van der Waals surface area contributed by atoms with E-state index in [0.29, 0.717) is 22.7 Å². The number of anilines is 1. The number of ether oxygens (including phenoxy) is 3. The number of carbonyl (C=O) groups excluding carboxylic acids is 2. The fraction of sp³-hybridized carbons (Fsp3) is 0.143. The largest absolute Gasteiger partial charge is 0.454 e. The van der Waals surface area contributed by atoms with E-state index >= 15 is 0 Å². The molecule has 1 aromatic heterocycles. The van der Waals surface area contributed by atoms with E-state index in [4.69, 9.17) is 14.2 Å². The molecule has 0 aliphatic carbocycles. The number of aromatic nitrogens is 1. The molecule has 2 heterocycles. The first kappa shape index (κ1) is 17.7. The van der Waals surface area contributed by atoms with Crippen LogP contribution in [-0.4, -0.2) is 29.8 Å². The first-order valence-corrected chi connectivity index (χ1v) is 8.71. The van der Waals surface area contributed by atoms with Crippen molar-refractivity contribution in [3.63, 3.8) is 0 Å². The van der Waals surface area contributed by atoms with Crippen LogP contribution in [0.3, 0.4) is 0 Å². The number of nitrogens with zero attached hydrogens (tertiary/aromatic N) is 1. The number of rotatable bonds is 5. The summed E-state index contributed by atoms with van der Waals surface area (Å²) in [6, 6.07) is 14.1. The third-order valence-corrected chi connectivity index (χ3v) is 4.32. The van der Waals surface area contributed by atoms with Gasteiger partial charge in [-0.15, -0.1) is 0 Å². The average molecular weight is 378 g/mol. The van der Waals surface area contributed by atoms with Gasteiger partial charge in [0, 0.05) is 29.8 Å². The Morgan fingerprint density at radius 3 is 2.68 bits per heavy atom. The number of esters is 1. The zero-order chi connectivity index (χ0) is 19.5. The second kappa shape index (κ2) is 7.48. The van der Waals surface area contributed by atoms with Crippen LogP contribution in [0.4, 0.5) is 5.69 Å². The molecule has 0 saturated heterocycles. The molecule has 142 valence electrons. The highest BCUT2D eigenvalue weighted by molar-refractivity contribution is 5.96. The third-order valence-electron chi connectivity index (χ3n) is 4.32. The number of hydrogen-bond acceptors (Lipinski definition) is 5. The molecule has 3 aromatic rings. The molecule has 7 nitrogen and oxygen atoms in total. The first-order chi connectivity index (χ1) is 13.6. The highest BCUT2D eigenvalue weighted by Crippen LogP contribution is 2.34. The third kappa shape index (κ3) is 3.68. The molecule has 28 heavy (non-hydrogen) atoms. The van der Waals surface area contributed by atoms with E-state index in [1.165, 1.54) is 0 Å². The van der Waals surface area contributed by atoms with Crippen LogP contribution in [0.15, 0.2) is 60.9 Å². The van der Waals surface area contributed by atoms with Crippen LogP contribution in [0.25, 0.3) is 5.69 Å². The minimum absolute atomic E-state index is 0.159. The van der Waals surface area contributed by atoms with E-state index in [1.54, 1.807) is 30.3 Å². The van der Waals surface area contributed by atoms with Crippen LogP contribution < -0.4 is 14.8 Å². The monoisotopic (exact) mass is 378 g/mol. The first-order valence-electron chi connectivity index (χ1n) is 8.71. The Kier molecular flexibility index (Phi) is 4.72. The maximum atomic E-state index is 12.3. The lowest BCUT2D eigenvalue weighted by Crippen LogP contribution is -2.21. The highest BCUT2D eigenvalue weighted by Gasteiger charge is 2.16.